The molecule has 30 heavy (non-hydrogen) atoms. The number of carbonyl (C=O) groups is 2. The lowest BCUT2D eigenvalue weighted by atomic mass is 9.96. The molecule has 0 saturated heterocycles. The number of fused-ring (bicyclic) bond motifs is 1. The number of nitrogens with one attached hydrogen (secondary N) is 2. The summed E-state index contributed by atoms with van der Waals surface area (Å²) in [5.41, 5.74) is 4.93. The Morgan fingerprint density at radius 3 is 2.40 bits per heavy atom. The number of rotatable bonds is 7. The van der Waals surface area contributed by atoms with Crippen molar-refractivity contribution in [3.8, 4) is 0 Å². The molecule has 1 aliphatic rings. The fraction of sp³-hybridized carbons (Fsp3) is 0.333. The second-order valence-electron chi connectivity index (χ2n) is 7.70. The molecule has 1 atom stereocenters. The maximum absolute atomic E-state index is 12.2. The molecule has 0 saturated carbocycles. The van der Waals surface area contributed by atoms with Gasteiger partial charge in [0.15, 0.2) is 0 Å². The van der Waals surface area contributed by atoms with E-state index < -0.39 is 11.8 Å². The predicted molar refractivity (Wildman–Crippen MR) is 120 cm³/mol. The molecule has 2 aromatic rings. The van der Waals surface area contributed by atoms with E-state index in [2.05, 4.69) is 75.5 Å². The predicted octanol–water partition coefficient (Wildman–Crippen LogP) is 2.27. The highest BCUT2D eigenvalue weighted by Crippen LogP contribution is 2.28. The molecule has 6 heteroatoms. The van der Waals surface area contributed by atoms with Crippen LogP contribution in [0.5, 0.6) is 0 Å². The van der Waals surface area contributed by atoms with E-state index in [0.717, 1.165) is 30.8 Å². The molecule has 0 bridgehead atoms. The second-order valence-corrected chi connectivity index (χ2v) is 7.70. The van der Waals surface area contributed by atoms with E-state index in [1.54, 1.807) is 6.08 Å². The zero-order valence-electron chi connectivity index (χ0n) is 17.7. The summed E-state index contributed by atoms with van der Waals surface area (Å²) in [6.07, 6.45) is 2.52. The molecule has 0 aliphatic carbocycles. The third-order valence-electron chi connectivity index (χ3n) is 5.46. The highest BCUT2D eigenvalue weighted by Gasteiger charge is 2.26. The molecule has 0 radical (unpaired) electrons. The van der Waals surface area contributed by atoms with Crippen molar-refractivity contribution in [3.63, 3.8) is 0 Å². The van der Waals surface area contributed by atoms with Crippen molar-refractivity contribution in [2.75, 3.05) is 38.6 Å². The zero-order valence-corrected chi connectivity index (χ0v) is 17.7. The van der Waals surface area contributed by atoms with Gasteiger partial charge in [-0.3, -0.25) is 14.5 Å². The van der Waals surface area contributed by atoms with Crippen LogP contribution in [0.4, 0.5) is 5.69 Å². The maximum atomic E-state index is 12.2. The SMILES string of the molecule is C=CCNC(=O)C(=O)NC[C@@H](c1ccc(N(C)C)cc1)N1CCc2ccccc2C1. The lowest BCUT2D eigenvalue weighted by Gasteiger charge is -2.36. The molecule has 0 fully saturated rings. The summed E-state index contributed by atoms with van der Waals surface area (Å²) < 4.78 is 0. The molecular formula is C24H30N4O2. The number of carbonyl (C=O) groups excluding carboxylic acids is 2. The molecule has 1 aliphatic heterocycles. The summed E-state index contributed by atoms with van der Waals surface area (Å²) >= 11 is 0. The minimum Gasteiger partial charge on any atom is -0.378 e. The summed E-state index contributed by atoms with van der Waals surface area (Å²) in [5, 5.41) is 5.33. The van der Waals surface area contributed by atoms with Gasteiger partial charge in [0.25, 0.3) is 0 Å². The van der Waals surface area contributed by atoms with Crippen LogP contribution in [0.15, 0.2) is 61.2 Å². The standard InChI is InChI=1S/C24H30N4O2/c1-4-14-25-23(29)24(30)26-16-22(19-9-11-21(12-10-19)27(2)3)28-15-13-18-7-5-6-8-20(18)17-28/h4-12,22H,1,13-17H2,2-3H3,(H,25,29)(H,26,30)/t22-/m0/s1. The minimum atomic E-state index is -0.638. The fourth-order valence-corrected chi connectivity index (χ4v) is 3.75. The average molecular weight is 407 g/mol. The third kappa shape index (κ3) is 5.27. The van der Waals surface area contributed by atoms with Crippen LogP contribution in [-0.2, 0) is 22.6 Å². The van der Waals surface area contributed by atoms with Gasteiger partial charge < -0.3 is 15.5 Å². The Morgan fingerprint density at radius 2 is 1.73 bits per heavy atom. The van der Waals surface area contributed by atoms with Gasteiger partial charge in [0, 0.05) is 46.0 Å². The van der Waals surface area contributed by atoms with Crippen molar-refractivity contribution in [3.05, 3.63) is 77.9 Å². The van der Waals surface area contributed by atoms with E-state index in [4.69, 9.17) is 0 Å². The monoisotopic (exact) mass is 406 g/mol. The number of anilines is 1. The summed E-state index contributed by atoms with van der Waals surface area (Å²) in [6, 6.07) is 16.8. The minimum absolute atomic E-state index is 0.0225. The van der Waals surface area contributed by atoms with Crippen LogP contribution in [0.2, 0.25) is 0 Å². The average Bonchev–Trinajstić information content (AvgIpc) is 2.77. The van der Waals surface area contributed by atoms with Gasteiger partial charge in [-0.25, -0.2) is 0 Å². The van der Waals surface area contributed by atoms with Gasteiger partial charge in [0.2, 0.25) is 0 Å². The van der Waals surface area contributed by atoms with E-state index >= 15 is 0 Å². The molecule has 2 N–H and O–H groups in total. The summed E-state index contributed by atoms with van der Waals surface area (Å²) in [7, 11) is 4.02. The van der Waals surface area contributed by atoms with Gasteiger partial charge in [0.1, 0.15) is 0 Å². The molecule has 0 spiro atoms. The Kier molecular flexibility index (Phi) is 7.25. The topological polar surface area (TPSA) is 64.7 Å². The lowest BCUT2D eigenvalue weighted by Crippen LogP contribution is -2.45. The molecule has 2 amide bonds. The lowest BCUT2D eigenvalue weighted by molar-refractivity contribution is -0.139. The molecule has 3 rings (SSSR count). The van der Waals surface area contributed by atoms with E-state index in [1.165, 1.54) is 11.1 Å². The number of hydrogen-bond acceptors (Lipinski definition) is 4. The van der Waals surface area contributed by atoms with Crippen LogP contribution < -0.4 is 15.5 Å². The highest BCUT2D eigenvalue weighted by molar-refractivity contribution is 6.35. The molecule has 1 heterocycles. The van der Waals surface area contributed by atoms with Crippen LogP contribution >= 0.6 is 0 Å². The van der Waals surface area contributed by atoms with Gasteiger partial charge >= 0.3 is 11.8 Å². The summed E-state index contributed by atoms with van der Waals surface area (Å²) in [4.78, 5) is 28.6. The van der Waals surface area contributed by atoms with Crippen molar-refractivity contribution in [2.24, 2.45) is 0 Å². The van der Waals surface area contributed by atoms with Gasteiger partial charge in [-0.05, 0) is 35.2 Å². The number of nitrogens with zero attached hydrogens (tertiary/aromatic N) is 2. The van der Waals surface area contributed by atoms with Crippen LogP contribution in [0.3, 0.4) is 0 Å². The Balaban J connectivity index is 1.77. The quantitative estimate of drug-likeness (QED) is 0.547. The van der Waals surface area contributed by atoms with Crippen LogP contribution in [0.25, 0.3) is 0 Å². The van der Waals surface area contributed by atoms with Crippen LogP contribution in [0, 0.1) is 0 Å². The number of benzene rings is 2. The van der Waals surface area contributed by atoms with Gasteiger partial charge in [0.05, 0.1) is 6.04 Å². The molecule has 158 valence electrons. The van der Waals surface area contributed by atoms with Gasteiger partial charge in [-0.15, -0.1) is 6.58 Å². The van der Waals surface area contributed by atoms with Crippen molar-refractivity contribution in [2.45, 2.75) is 19.0 Å². The van der Waals surface area contributed by atoms with Gasteiger partial charge in [-0.1, -0.05) is 42.5 Å². The summed E-state index contributed by atoms with van der Waals surface area (Å²) in [5.74, 6) is -1.26. The molecule has 0 unspecified atom stereocenters. The van der Waals surface area contributed by atoms with E-state index in [9.17, 15) is 9.59 Å². The normalized spacial score (nSPS) is 14.3. The first-order valence-corrected chi connectivity index (χ1v) is 10.2. The van der Waals surface area contributed by atoms with Crippen molar-refractivity contribution in [1.82, 2.24) is 15.5 Å². The van der Waals surface area contributed by atoms with E-state index in [0.29, 0.717) is 6.54 Å². The van der Waals surface area contributed by atoms with Crippen molar-refractivity contribution >= 4 is 17.5 Å². The van der Waals surface area contributed by atoms with E-state index in [1.807, 2.05) is 14.1 Å². The van der Waals surface area contributed by atoms with E-state index in [-0.39, 0.29) is 12.6 Å². The molecular weight excluding hydrogens is 376 g/mol. The van der Waals surface area contributed by atoms with Gasteiger partial charge in [-0.2, -0.15) is 0 Å². The van der Waals surface area contributed by atoms with Crippen molar-refractivity contribution < 1.29 is 9.59 Å². The second kappa shape index (κ2) is 10.1. The summed E-state index contributed by atoms with van der Waals surface area (Å²) in [6.45, 7) is 5.89. The highest BCUT2D eigenvalue weighted by atomic mass is 16.2. The largest absolute Gasteiger partial charge is 0.378 e. The smallest absolute Gasteiger partial charge is 0.309 e. The van der Waals surface area contributed by atoms with Crippen LogP contribution in [-0.4, -0.2) is 50.4 Å². The number of amides is 2. The fourth-order valence-electron chi connectivity index (χ4n) is 3.75. The zero-order chi connectivity index (χ0) is 21.5. The Labute approximate surface area is 178 Å². The Morgan fingerprint density at radius 1 is 1.07 bits per heavy atom. The Bertz CT molecular complexity index is 892. The van der Waals surface area contributed by atoms with Crippen molar-refractivity contribution in [1.29, 1.82) is 0 Å². The first kappa shape index (κ1) is 21.6. The molecule has 0 aromatic heterocycles. The first-order chi connectivity index (χ1) is 14.5. The maximum Gasteiger partial charge on any atom is 0.309 e. The Hall–Kier alpha value is -3.12. The molecule has 6 nitrogen and oxygen atoms in total. The first-order valence-electron chi connectivity index (χ1n) is 10.2. The molecule has 2 aromatic carbocycles. The van der Waals surface area contributed by atoms with Crippen LogP contribution in [0.1, 0.15) is 22.7 Å². The number of hydrogen-bond donors (Lipinski definition) is 2. The third-order valence-corrected chi connectivity index (χ3v) is 5.46.